The van der Waals surface area contributed by atoms with Crippen LogP contribution in [-0.2, 0) is 6.42 Å². The van der Waals surface area contributed by atoms with Crippen LogP contribution in [0.2, 0.25) is 0 Å². The van der Waals surface area contributed by atoms with E-state index in [0.717, 1.165) is 11.8 Å². The molecule has 1 saturated carbocycles. The van der Waals surface area contributed by atoms with Gasteiger partial charge in [-0.25, -0.2) is 0 Å². The number of nitrogens with two attached hydrogens (primary N) is 1. The molecule has 1 heteroatoms. The molecule has 0 spiro atoms. The Bertz CT molecular complexity index is 390. The van der Waals surface area contributed by atoms with Gasteiger partial charge in [0.15, 0.2) is 0 Å². The summed E-state index contributed by atoms with van der Waals surface area (Å²) in [5.74, 6) is 1.54. The molecule has 0 saturated heterocycles. The summed E-state index contributed by atoms with van der Waals surface area (Å²) in [6.45, 7) is 0. The lowest BCUT2D eigenvalue weighted by molar-refractivity contribution is 0.331. The number of hydrogen-bond donors (Lipinski definition) is 1. The van der Waals surface area contributed by atoms with Crippen LogP contribution in [0.3, 0.4) is 0 Å². The van der Waals surface area contributed by atoms with Crippen molar-refractivity contribution < 1.29 is 0 Å². The minimum absolute atomic E-state index is 0.432. The predicted molar refractivity (Wildman–Crippen MR) is 76.7 cm³/mol. The molecule has 0 amide bonds. The average molecular weight is 243 g/mol. The van der Waals surface area contributed by atoms with E-state index in [1.807, 2.05) is 0 Å². The van der Waals surface area contributed by atoms with Crippen molar-refractivity contribution in [2.45, 2.75) is 63.3 Å². The Morgan fingerprint density at radius 2 is 1.78 bits per heavy atom. The van der Waals surface area contributed by atoms with Gasteiger partial charge in [-0.1, -0.05) is 49.9 Å². The van der Waals surface area contributed by atoms with E-state index in [2.05, 4.69) is 24.3 Å². The van der Waals surface area contributed by atoms with Gasteiger partial charge in [-0.15, -0.1) is 0 Å². The molecule has 0 aromatic heterocycles. The maximum atomic E-state index is 6.49. The first kappa shape index (κ1) is 12.2. The highest BCUT2D eigenvalue weighted by Crippen LogP contribution is 2.39. The smallest absolute Gasteiger partial charge is 0.00731 e. The van der Waals surface area contributed by atoms with Crippen LogP contribution in [0.15, 0.2) is 24.3 Å². The molecule has 0 aliphatic heterocycles. The molecule has 3 rings (SSSR count). The Morgan fingerprint density at radius 3 is 2.50 bits per heavy atom. The quantitative estimate of drug-likeness (QED) is 0.797. The van der Waals surface area contributed by atoms with E-state index in [-0.39, 0.29) is 0 Å². The van der Waals surface area contributed by atoms with Gasteiger partial charge in [0.25, 0.3) is 0 Å². The number of rotatable bonds is 3. The summed E-state index contributed by atoms with van der Waals surface area (Å²) in [5, 5.41) is 0. The van der Waals surface area contributed by atoms with Crippen LogP contribution in [0, 0.1) is 5.92 Å². The Balaban J connectivity index is 1.57. The molecular formula is C17H25N. The van der Waals surface area contributed by atoms with Crippen LogP contribution in [0.4, 0.5) is 0 Å². The van der Waals surface area contributed by atoms with Gasteiger partial charge < -0.3 is 5.73 Å². The zero-order valence-electron chi connectivity index (χ0n) is 11.3. The third kappa shape index (κ3) is 2.47. The van der Waals surface area contributed by atoms with Crippen molar-refractivity contribution in [2.24, 2.45) is 11.7 Å². The molecule has 1 fully saturated rings. The van der Waals surface area contributed by atoms with Gasteiger partial charge in [0.2, 0.25) is 0 Å². The van der Waals surface area contributed by atoms with Crippen LogP contribution in [0.1, 0.15) is 62.0 Å². The molecule has 0 radical (unpaired) electrons. The molecule has 2 unspecified atom stereocenters. The SMILES string of the molecule is NC(CC1Cc2ccccc21)C1CCCCCC1. The topological polar surface area (TPSA) is 26.0 Å². The van der Waals surface area contributed by atoms with Gasteiger partial charge in [0.05, 0.1) is 0 Å². The summed E-state index contributed by atoms with van der Waals surface area (Å²) in [7, 11) is 0. The molecule has 1 aromatic rings. The molecule has 2 aliphatic carbocycles. The number of fused-ring (bicyclic) bond motifs is 1. The fraction of sp³-hybridized carbons (Fsp3) is 0.647. The first-order chi connectivity index (χ1) is 8.84. The second-order valence-corrected chi connectivity index (χ2v) is 6.25. The third-order valence-electron chi connectivity index (χ3n) is 5.02. The lowest BCUT2D eigenvalue weighted by Gasteiger charge is -2.34. The van der Waals surface area contributed by atoms with Crippen molar-refractivity contribution >= 4 is 0 Å². The van der Waals surface area contributed by atoms with Gasteiger partial charge >= 0.3 is 0 Å². The van der Waals surface area contributed by atoms with Gasteiger partial charge in [-0.05, 0) is 48.6 Å². The molecule has 2 aliphatic rings. The number of hydrogen-bond acceptors (Lipinski definition) is 1. The Kier molecular flexibility index (Phi) is 3.69. The van der Waals surface area contributed by atoms with Crippen molar-refractivity contribution in [1.29, 1.82) is 0 Å². The van der Waals surface area contributed by atoms with Gasteiger partial charge in [0.1, 0.15) is 0 Å². The highest BCUT2D eigenvalue weighted by molar-refractivity contribution is 5.39. The third-order valence-corrected chi connectivity index (χ3v) is 5.02. The van der Waals surface area contributed by atoms with E-state index in [4.69, 9.17) is 5.73 Å². The minimum Gasteiger partial charge on any atom is -0.327 e. The van der Waals surface area contributed by atoms with Crippen LogP contribution in [0.25, 0.3) is 0 Å². The zero-order valence-corrected chi connectivity index (χ0v) is 11.3. The first-order valence-electron chi connectivity index (χ1n) is 7.68. The molecule has 1 aromatic carbocycles. The summed E-state index contributed by atoms with van der Waals surface area (Å²) in [6.07, 6.45) is 10.9. The molecule has 0 bridgehead atoms. The van der Waals surface area contributed by atoms with Gasteiger partial charge in [-0.2, -0.15) is 0 Å². The van der Waals surface area contributed by atoms with Crippen molar-refractivity contribution in [3.8, 4) is 0 Å². The minimum atomic E-state index is 0.432. The number of benzene rings is 1. The molecule has 1 nitrogen and oxygen atoms in total. The second kappa shape index (κ2) is 5.44. The summed E-state index contributed by atoms with van der Waals surface area (Å²) in [6, 6.07) is 9.32. The average Bonchev–Trinajstić information content (AvgIpc) is 2.64. The van der Waals surface area contributed by atoms with Crippen LogP contribution < -0.4 is 5.73 Å². The van der Waals surface area contributed by atoms with E-state index in [1.165, 1.54) is 51.4 Å². The Labute approximate surface area is 111 Å². The van der Waals surface area contributed by atoms with E-state index >= 15 is 0 Å². The highest BCUT2D eigenvalue weighted by Gasteiger charge is 2.29. The highest BCUT2D eigenvalue weighted by atomic mass is 14.7. The zero-order chi connectivity index (χ0) is 12.4. The van der Waals surface area contributed by atoms with E-state index in [9.17, 15) is 0 Å². The first-order valence-corrected chi connectivity index (χ1v) is 7.68. The molecule has 2 N–H and O–H groups in total. The summed E-state index contributed by atoms with van der Waals surface area (Å²) in [5.41, 5.74) is 9.61. The fourth-order valence-electron chi connectivity index (χ4n) is 3.83. The van der Waals surface area contributed by atoms with Gasteiger partial charge in [0, 0.05) is 6.04 Å². The monoisotopic (exact) mass is 243 g/mol. The predicted octanol–water partition coefficient (Wildman–Crippen LogP) is 4.01. The van der Waals surface area contributed by atoms with Crippen LogP contribution >= 0.6 is 0 Å². The molecule has 0 heterocycles. The maximum absolute atomic E-state index is 6.49. The normalized spacial score (nSPS) is 25.9. The Hall–Kier alpha value is -0.820. The second-order valence-electron chi connectivity index (χ2n) is 6.25. The molecule has 98 valence electrons. The van der Waals surface area contributed by atoms with Crippen molar-refractivity contribution in [3.05, 3.63) is 35.4 Å². The van der Waals surface area contributed by atoms with Crippen molar-refractivity contribution in [1.82, 2.24) is 0 Å². The standard InChI is InChI=1S/C17H25N/c18-17(13-7-3-1-2-4-8-13)12-15-11-14-9-5-6-10-16(14)15/h5-6,9-10,13,15,17H,1-4,7-8,11-12,18H2. The lowest BCUT2D eigenvalue weighted by atomic mass is 9.72. The largest absolute Gasteiger partial charge is 0.327 e. The van der Waals surface area contributed by atoms with E-state index in [0.29, 0.717) is 6.04 Å². The summed E-state index contributed by atoms with van der Waals surface area (Å²) < 4.78 is 0. The van der Waals surface area contributed by atoms with E-state index < -0.39 is 0 Å². The maximum Gasteiger partial charge on any atom is 0.00731 e. The van der Waals surface area contributed by atoms with Gasteiger partial charge in [-0.3, -0.25) is 0 Å². The molecular weight excluding hydrogens is 218 g/mol. The lowest BCUT2D eigenvalue weighted by Crippen LogP contribution is -2.34. The fourth-order valence-corrected chi connectivity index (χ4v) is 3.83. The van der Waals surface area contributed by atoms with Crippen LogP contribution in [-0.4, -0.2) is 6.04 Å². The molecule has 2 atom stereocenters. The van der Waals surface area contributed by atoms with Crippen molar-refractivity contribution in [3.63, 3.8) is 0 Å². The van der Waals surface area contributed by atoms with E-state index in [1.54, 1.807) is 11.1 Å². The van der Waals surface area contributed by atoms with Crippen LogP contribution in [0.5, 0.6) is 0 Å². The van der Waals surface area contributed by atoms with Crippen molar-refractivity contribution in [2.75, 3.05) is 0 Å². The summed E-state index contributed by atoms with van der Waals surface area (Å²) in [4.78, 5) is 0. The molecule has 18 heavy (non-hydrogen) atoms. The Morgan fingerprint density at radius 1 is 1.06 bits per heavy atom. The summed E-state index contributed by atoms with van der Waals surface area (Å²) >= 11 is 0.